The molecule has 1 heterocycles. The number of hydrogen-bond acceptors (Lipinski definition) is 7. The zero-order chi connectivity index (χ0) is 35.3. The number of benzene rings is 3. The van der Waals surface area contributed by atoms with E-state index in [9.17, 15) is 19.2 Å². The number of likely N-dealkylation sites (tertiary alicyclic amines) is 1. The van der Waals surface area contributed by atoms with E-state index in [1.165, 1.54) is 4.90 Å². The van der Waals surface area contributed by atoms with Crippen LogP contribution in [0.1, 0.15) is 81.9 Å². The van der Waals surface area contributed by atoms with Crippen LogP contribution in [0.15, 0.2) is 78.9 Å². The summed E-state index contributed by atoms with van der Waals surface area (Å²) in [5, 5.41) is 5.75. The van der Waals surface area contributed by atoms with Gasteiger partial charge in [0.2, 0.25) is 5.91 Å². The van der Waals surface area contributed by atoms with Crippen LogP contribution in [-0.2, 0) is 30.4 Å². The highest BCUT2D eigenvalue weighted by atomic mass is 16.6. The SMILES string of the molecule is CC(C)(C)OC(=O)NC(C(=O)N1C[C@@H](NC(=O)OCC2c3ccccc3-c3ccccc32)C[C@H]1C(=O)OCc1ccccc1)C1CCCCC1. The Bertz CT molecular complexity index is 1640. The Morgan fingerprint density at radius 3 is 2.06 bits per heavy atom. The molecular formula is C40H47N3O7. The fourth-order valence-corrected chi connectivity index (χ4v) is 7.50. The predicted molar refractivity (Wildman–Crippen MR) is 188 cm³/mol. The van der Waals surface area contributed by atoms with E-state index >= 15 is 0 Å². The van der Waals surface area contributed by atoms with Crippen molar-refractivity contribution in [1.82, 2.24) is 15.5 Å². The van der Waals surface area contributed by atoms with E-state index in [0.717, 1.165) is 59.9 Å². The second-order valence-electron chi connectivity index (χ2n) is 14.5. The maximum absolute atomic E-state index is 14.4. The van der Waals surface area contributed by atoms with Gasteiger partial charge in [-0.25, -0.2) is 14.4 Å². The van der Waals surface area contributed by atoms with Gasteiger partial charge < -0.3 is 29.7 Å². The number of fused-ring (bicyclic) bond motifs is 3. The minimum atomic E-state index is -0.961. The Balaban J connectivity index is 1.17. The quantitative estimate of drug-likeness (QED) is 0.190. The number of ether oxygens (including phenoxy) is 3. The lowest BCUT2D eigenvalue weighted by molar-refractivity contribution is -0.155. The van der Waals surface area contributed by atoms with Gasteiger partial charge in [0.25, 0.3) is 0 Å². The Morgan fingerprint density at radius 1 is 0.800 bits per heavy atom. The predicted octanol–water partition coefficient (Wildman–Crippen LogP) is 6.71. The third-order valence-corrected chi connectivity index (χ3v) is 9.81. The van der Waals surface area contributed by atoms with E-state index in [1.54, 1.807) is 20.8 Å². The van der Waals surface area contributed by atoms with E-state index in [-0.39, 0.29) is 43.9 Å². The van der Waals surface area contributed by atoms with Crippen LogP contribution in [-0.4, -0.2) is 65.8 Å². The van der Waals surface area contributed by atoms with Crippen molar-refractivity contribution in [3.8, 4) is 11.1 Å². The van der Waals surface area contributed by atoms with Crippen molar-refractivity contribution in [1.29, 1.82) is 0 Å². The largest absolute Gasteiger partial charge is 0.459 e. The summed E-state index contributed by atoms with van der Waals surface area (Å²) in [5.74, 6) is -1.18. The van der Waals surface area contributed by atoms with Crippen molar-refractivity contribution >= 4 is 24.1 Å². The van der Waals surface area contributed by atoms with E-state index in [0.29, 0.717) is 0 Å². The summed E-state index contributed by atoms with van der Waals surface area (Å²) >= 11 is 0. The Labute approximate surface area is 293 Å². The van der Waals surface area contributed by atoms with Gasteiger partial charge in [0.05, 0.1) is 6.04 Å². The summed E-state index contributed by atoms with van der Waals surface area (Å²) < 4.78 is 17.0. The number of nitrogens with zero attached hydrogens (tertiary/aromatic N) is 1. The average Bonchev–Trinajstić information content (AvgIpc) is 3.67. The highest BCUT2D eigenvalue weighted by Crippen LogP contribution is 2.44. The number of nitrogens with one attached hydrogen (secondary N) is 2. The molecular weight excluding hydrogens is 634 g/mol. The van der Waals surface area contributed by atoms with Crippen LogP contribution < -0.4 is 10.6 Å². The molecule has 3 aromatic rings. The molecule has 0 bridgehead atoms. The zero-order valence-electron chi connectivity index (χ0n) is 29.1. The van der Waals surface area contributed by atoms with Gasteiger partial charge in [-0.2, -0.15) is 0 Å². The molecule has 10 nitrogen and oxygen atoms in total. The topological polar surface area (TPSA) is 123 Å². The molecule has 10 heteroatoms. The fraction of sp³-hybridized carbons (Fsp3) is 0.450. The van der Waals surface area contributed by atoms with Crippen LogP contribution in [0.3, 0.4) is 0 Å². The lowest BCUT2D eigenvalue weighted by atomic mass is 9.83. The molecule has 264 valence electrons. The van der Waals surface area contributed by atoms with E-state index in [4.69, 9.17) is 14.2 Å². The summed E-state index contributed by atoms with van der Waals surface area (Å²) in [6.45, 7) is 5.55. The molecule has 3 aromatic carbocycles. The van der Waals surface area contributed by atoms with E-state index in [2.05, 4.69) is 34.9 Å². The molecule has 0 radical (unpaired) electrons. The molecule has 6 rings (SSSR count). The first-order valence-corrected chi connectivity index (χ1v) is 17.7. The molecule has 1 saturated carbocycles. The maximum atomic E-state index is 14.4. The first-order chi connectivity index (χ1) is 24.1. The van der Waals surface area contributed by atoms with Crippen molar-refractivity contribution in [2.24, 2.45) is 5.92 Å². The molecule has 3 aliphatic rings. The van der Waals surface area contributed by atoms with Crippen molar-refractivity contribution < 1.29 is 33.4 Å². The molecule has 2 aliphatic carbocycles. The summed E-state index contributed by atoms with van der Waals surface area (Å²) in [5.41, 5.74) is 4.53. The molecule has 1 unspecified atom stereocenters. The first-order valence-electron chi connectivity index (χ1n) is 17.7. The average molecular weight is 682 g/mol. The number of alkyl carbamates (subject to hydrolysis) is 2. The van der Waals surface area contributed by atoms with Crippen molar-refractivity contribution in [3.63, 3.8) is 0 Å². The van der Waals surface area contributed by atoms with Crippen LogP contribution in [0.5, 0.6) is 0 Å². The third kappa shape index (κ3) is 8.29. The van der Waals surface area contributed by atoms with Gasteiger partial charge in [-0.15, -0.1) is 0 Å². The van der Waals surface area contributed by atoms with Gasteiger partial charge in [-0.3, -0.25) is 4.79 Å². The summed E-state index contributed by atoms with van der Waals surface area (Å²) in [6, 6.07) is 23.1. The molecule has 3 atom stereocenters. The second-order valence-corrected chi connectivity index (χ2v) is 14.5. The maximum Gasteiger partial charge on any atom is 0.408 e. The van der Waals surface area contributed by atoms with Crippen LogP contribution in [0.25, 0.3) is 11.1 Å². The summed E-state index contributed by atoms with van der Waals surface area (Å²) in [7, 11) is 0. The van der Waals surface area contributed by atoms with Crippen LogP contribution in [0.2, 0.25) is 0 Å². The van der Waals surface area contributed by atoms with E-state index < -0.39 is 41.9 Å². The molecule has 0 aromatic heterocycles. The van der Waals surface area contributed by atoms with Gasteiger partial charge in [0.1, 0.15) is 30.9 Å². The number of amides is 3. The lowest BCUT2D eigenvalue weighted by Crippen LogP contribution is -2.56. The molecule has 2 N–H and O–H groups in total. The van der Waals surface area contributed by atoms with Crippen LogP contribution >= 0.6 is 0 Å². The van der Waals surface area contributed by atoms with Gasteiger partial charge in [-0.1, -0.05) is 98.1 Å². The molecule has 1 aliphatic heterocycles. The number of hydrogen-bond donors (Lipinski definition) is 2. The molecule has 1 saturated heterocycles. The number of carbonyl (C=O) groups excluding carboxylic acids is 4. The van der Waals surface area contributed by atoms with Gasteiger partial charge in [0.15, 0.2) is 0 Å². The van der Waals surface area contributed by atoms with Gasteiger partial charge >= 0.3 is 18.2 Å². The number of rotatable bonds is 9. The fourth-order valence-electron chi connectivity index (χ4n) is 7.50. The number of carbonyl (C=O) groups is 4. The van der Waals surface area contributed by atoms with Crippen molar-refractivity contribution in [2.75, 3.05) is 13.2 Å². The minimum Gasteiger partial charge on any atom is -0.459 e. The smallest absolute Gasteiger partial charge is 0.408 e. The number of esters is 1. The Hall–Kier alpha value is -4.86. The molecule has 3 amide bonds. The normalized spacial score (nSPS) is 19.5. The highest BCUT2D eigenvalue weighted by Gasteiger charge is 2.45. The van der Waals surface area contributed by atoms with Crippen molar-refractivity contribution in [2.45, 2.75) is 95.5 Å². The Kier molecular flexibility index (Phi) is 10.7. The monoisotopic (exact) mass is 681 g/mol. The minimum absolute atomic E-state index is 0.0465. The van der Waals surface area contributed by atoms with Crippen LogP contribution in [0, 0.1) is 5.92 Å². The zero-order valence-corrected chi connectivity index (χ0v) is 29.1. The molecule has 50 heavy (non-hydrogen) atoms. The summed E-state index contributed by atoms with van der Waals surface area (Å²) in [4.78, 5) is 55.8. The van der Waals surface area contributed by atoms with Crippen LogP contribution in [0.4, 0.5) is 9.59 Å². The van der Waals surface area contributed by atoms with Gasteiger partial charge in [0, 0.05) is 18.9 Å². The molecule has 2 fully saturated rings. The summed E-state index contributed by atoms with van der Waals surface area (Å²) in [6.07, 6.45) is 3.32. The first kappa shape index (κ1) is 35.0. The Morgan fingerprint density at radius 2 is 1.42 bits per heavy atom. The molecule has 0 spiro atoms. The highest BCUT2D eigenvalue weighted by molar-refractivity contribution is 5.91. The lowest BCUT2D eigenvalue weighted by Gasteiger charge is -2.34. The third-order valence-electron chi connectivity index (χ3n) is 9.81. The van der Waals surface area contributed by atoms with Crippen molar-refractivity contribution in [3.05, 3.63) is 95.6 Å². The standard InChI is InChI=1S/C40H47N3O7/c1-40(2,3)50-39(47)42-35(27-16-8-5-9-17-27)36(44)43-23-28(22-34(43)37(45)48-24-26-14-6-4-7-15-26)41-38(46)49-25-33-31-20-12-10-18-29(31)30-19-11-13-21-32(30)33/h4,6-7,10-15,18-21,27-28,33-35H,5,8-9,16-17,22-25H2,1-3H3,(H,41,46)(H,42,47)/t28-,34-,35?/m0/s1. The van der Waals surface area contributed by atoms with Gasteiger partial charge in [-0.05, 0) is 67.3 Å². The second kappa shape index (κ2) is 15.4. The van der Waals surface area contributed by atoms with E-state index in [1.807, 2.05) is 54.6 Å².